The summed E-state index contributed by atoms with van der Waals surface area (Å²) in [5.41, 5.74) is 0. The van der Waals surface area contributed by atoms with Gasteiger partial charge < -0.3 is 20.3 Å². The van der Waals surface area contributed by atoms with Crippen molar-refractivity contribution in [3.63, 3.8) is 0 Å². The van der Waals surface area contributed by atoms with Crippen molar-refractivity contribution in [3.8, 4) is 0 Å². The summed E-state index contributed by atoms with van der Waals surface area (Å²) in [4.78, 5) is 22.4. The van der Waals surface area contributed by atoms with Crippen LogP contribution < -0.4 is 15.5 Å². The molecule has 1 saturated heterocycles. The molecule has 1 amide bonds. The van der Waals surface area contributed by atoms with Gasteiger partial charge in [0.1, 0.15) is 11.9 Å². The maximum absolute atomic E-state index is 11.9. The maximum Gasteiger partial charge on any atom is 0.244 e. The number of carbonyl (C=O) groups excluding carboxylic acids is 1. The summed E-state index contributed by atoms with van der Waals surface area (Å²) in [6.45, 7) is 4.35. The van der Waals surface area contributed by atoms with E-state index in [0.717, 1.165) is 12.4 Å². The molecule has 1 atom stereocenters. The number of ether oxygens (including phenoxy) is 1. The quantitative estimate of drug-likeness (QED) is 0.789. The lowest BCUT2D eigenvalue weighted by atomic mass is 10.2. The molecule has 1 unspecified atom stereocenters. The molecular weight excluding hydrogens is 246 g/mol. The minimum atomic E-state index is -0.344. The second-order valence-electron chi connectivity index (χ2n) is 4.17. The highest BCUT2D eigenvalue weighted by Gasteiger charge is 2.29. The second-order valence-corrected chi connectivity index (χ2v) is 4.17. The van der Waals surface area contributed by atoms with E-state index in [1.165, 1.54) is 0 Å². The molecule has 1 aromatic heterocycles. The highest BCUT2D eigenvalue weighted by Crippen LogP contribution is 2.18. The number of hydrogen-bond donors (Lipinski definition) is 2. The van der Waals surface area contributed by atoms with Gasteiger partial charge in [0.05, 0.1) is 13.2 Å². The number of nitrogens with zero attached hydrogens (tertiary/aromatic N) is 3. The van der Waals surface area contributed by atoms with Gasteiger partial charge >= 0.3 is 0 Å². The first kappa shape index (κ1) is 13.5. The molecule has 1 fully saturated rings. The van der Waals surface area contributed by atoms with Crippen LogP contribution in [0.4, 0.5) is 11.8 Å². The molecule has 19 heavy (non-hydrogen) atoms. The molecule has 7 heteroatoms. The third kappa shape index (κ3) is 3.11. The SMILES string of the molecule is CCNc1nccc(N2CCOCC2C(=O)NC)n1. The number of morpholine rings is 1. The first-order chi connectivity index (χ1) is 9.26. The monoisotopic (exact) mass is 265 g/mol. The van der Waals surface area contributed by atoms with Crippen LogP contribution in [0.3, 0.4) is 0 Å². The van der Waals surface area contributed by atoms with E-state index in [2.05, 4.69) is 20.6 Å². The Morgan fingerprint density at radius 3 is 3.21 bits per heavy atom. The summed E-state index contributed by atoms with van der Waals surface area (Å²) in [7, 11) is 1.62. The van der Waals surface area contributed by atoms with Gasteiger partial charge in [-0.25, -0.2) is 4.98 Å². The van der Waals surface area contributed by atoms with E-state index in [0.29, 0.717) is 25.7 Å². The molecule has 1 aliphatic rings. The number of amides is 1. The van der Waals surface area contributed by atoms with Crippen LogP contribution >= 0.6 is 0 Å². The summed E-state index contributed by atoms with van der Waals surface area (Å²) in [5, 5.41) is 5.72. The molecule has 2 heterocycles. The Morgan fingerprint density at radius 1 is 1.63 bits per heavy atom. The fourth-order valence-corrected chi connectivity index (χ4v) is 2.01. The zero-order valence-corrected chi connectivity index (χ0v) is 11.2. The van der Waals surface area contributed by atoms with Crippen molar-refractivity contribution in [2.75, 3.05) is 43.6 Å². The Hall–Kier alpha value is -1.89. The molecular formula is C12H19N5O2. The molecule has 2 rings (SSSR count). The van der Waals surface area contributed by atoms with E-state index in [-0.39, 0.29) is 11.9 Å². The van der Waals surface area contributed by atoms with Crippen molar-refractivity contribution in [2.24, 2.45) is 0 Å². The van der Waals surface area contributed by atoms with Crippen molar-refractivity contribution in [1.29, 1.82) is 0 Å². The smallest absolute Gasteiger partial charge is 0.244 e. The van der Waals surface area contributed by atoms with Crippen LogP contribution in [-0.4, -0.2) is 55.3 Å². The van der Waals surface area contributed by atoms with Gasteiger partial charge in [-0.1, -0.05) is 0 Å². The van der Waals surface area contributed by atoms with E-state index in [4.69, 9.17) is 4.74 Å². The zero-order chi connectivity index (χ0) is 13.7. The highest BCUT2D eigenvalue weighted by molar-refractivity contribution is 5.85. The van der Waals surface area contributed by atoms with Crippen LogP contribution in [0.25, 0.3) is 0 Å². The summed E-state index contributed by atoms with van der Waals surface area (Å²) in [5.74, 6) is 1.24. The molecule has 0 saturated carbocycles. The molecule has 0 bridgehead atoms. The molecule has 0 aromatic carbocycles. The molecule has 2 N–H and O–H groups in total. The number of likely N-dealkylation sites (N-methyl/N-ethyl adjacent to an activating group) is 1. The number of carbonyl (C=O) groups is 1. The molecule has 1 aromatic rings. The van der Waals surface area contributed by atoms with Gasteiger partial charge in [-0.05, 0) is 13.0 Å². The number of nitrogens with one attached hydrogen (secondary N) is 2. The van der Waals surface area contributed by atoms with Gasteiger partial charge in [-0.2, -0.15) is 4.98 Å². The van der Waals surface area contributed by atoms with Crippen LogP contribution in [0.2, 0.25) is 0 Å². The lowest BCUT2D eigenvalue weighted by Gasteiger charge is -2.35. The lowest BCUT2D eigenvalue weighted by Crippen LogP contribution is -2.53. The van der Waals surface area contributed by atoms with Gasteiger partial charge in [0.15, 0.2) is 0 Å². The standard InChI is InChI=1S/C12H19N5O2/c1-3-14-12-15-5-4-10(16-12)17-6-7-19-8-9(17)11(18)13-2/h4-5,9H,3,6-8H2,1-2H3,(H,13,18)(H,14,15,16). The van der Waals surface area contributed by atoms with Crippen LogP contribution in [0.1, 0.15) is 6.92 Å². The minimum absolute atomic E-state index is 0.0664. The highest BCUT2D eigenvalue weighted by atomic mass is 16.5. The maximum atomic E-state index is 11.9. The summed E-state index contributed by atoms with van der Waals surface area (Å²) >= 11 is 0. The second kappa shape index (κ2) is 6.33. The number of hydrogen-bond acceptors (Lipinski definition) is 6. The van der Waals surface area contributed by atoms with E-state index in [1.807, 2.05) is 17.9 Å². The van der Waals surface area contributed by atoms with Gasteiger partial charge in [0.2, 0.25) is 11.9 Å². The van der Waals surface area contributed by atoms with E-state index >= 15 is 0 Å². The predicted octanol–water partition coefficient (Wildman–Crippen LogP) is -0.140. The molecule has 0 radical (unpaired) electrons. The lowest BCUT2D eigenvalue weighted by molar-refractivity contribution is -0.124. The average molecular weight is 265 g/mol. The van der Waals surface area contributed by atoms with Crippen LogP contribution in [0, 0.1) is 0 Å². The molecule has 104 valence electrons. The van der Waals surface area contributed by atoms with E-state index in [1.54, 1.807) is 13.2 Å². The third-order valence-electron chi connectivity index (χ3n) is 2.95. The Morgan fingerprint density at radius 2 is 2.47 bits per heavy atom. The summed E-state index contributed by atoms with van der Waals surface area (Å²) < 4.78 is 5.37. The Kier molecular flexibility index (Phi) is 4.51. The van der Waals surface area contributed by atoms with E-state index in [9.17, 15) is 4.79 Å². The molecule has 7 nitrogen and oxygen atoms in total. The summed E-state index contributed by atoms with van der Waals surface area (Å²) in [6.07, 6.45) is 1.69. The number of anilines is 2. The van der Waals surface area contributed by atoms with Crippen molar-refractivity contribution in [1.82, 2.24) is 15.3 Å². The largest absolute Gasteiger partial charge is 0.377 e. The molecule has 0 aliphatic carbocycles. The topological polar surface area (TPSA) is 79.4 Å². The van der Waals surface area contributed by atoms with Gasteiger partial charge in [0.25, 0.3) is 0 Å². The Labute approximate surface area is 112 Å². The van der Waals surface area contributed by atoms with Crippen molar-refractivity contribution >= 4 is 17.7 Å². The van der Waals surface area contributed by atoms with Gasteiger partial charge in [-0.3, -0.25) is 4.79 Å². The fraction of sp³-hybridized carbons (Fsp3) is 0.583. The fourth-order valence-electron chi connectivity index (χ4n) is 2.01. The first-order valence-corrected chi connectivity index (χ1v) is 6.39. The van der Waals surface area contributed by atoms with Crippen molar-refractivity contribution < 1.29 is 9.53 Å². The van der Waals surface area contributed by atoms with Crippen LogP contribution in [0.5, 0.6) is 0 Å². The molecule has 0 spiro atoms. The zero-order valence-electron chi connectivity index (χ0n) is 11.2. The Bertz CT molecular complexity index is 440. The predicted molar refractivity (Wildman–Crippen MR) is 72.2 cm³/mol. The van der Waals surface area contributed by atoms with Gasteiger partial charge in [-0.15, -0.1) is 0 Å². The summed E-state index contributed by atoms with van der Waals surface area (Å²) in [6, 6.07) is 1.46. The average Bonchev–Trinajstić information content (AvgIpc) is 2.47. The molecule has 1 aliphatic heterocycles. The number of rotatable bonds is 4. The normalized spacial score (nSPS) is 19.1. The van der Waals surface area contributed by atoms with E-state index < -0.39 is 0 Å². The Balaban J connectivity index is 2.21. The number of aromatic nitrogens is 2. The minimum Gasteiger partial charge on any atom is -0.377 e. The van der Waals surface area contributed by atoms with Crippen LogP contribution in [-0.2, 0) is 9.53 Å². The van der Waals surface area contributed by atoms with Crippen LogP contribution in [0.15, 0.2) is 12.3 Å². The van der Waals surface area contributed by atoms with Crippen molar-refractivity contribution in [2.45, 2.75) is 13.0 Å². The van der Waals surface area contributed by atoms with Crippen molar-refractivity contribution in [3.05, 3.63) is 12.3 Å². The first-order valence-electron chi connectivity index (χ1n) is 6.39. The third-order valence-corrected chi connectivity index (χ3v) is 2.95. The van der Waals surface area contributed by atoms with Gasteiger partial charge in [0, 0.05) is 26.3 Å².